The summed E-state index contributed by atoms with van der Waals surface area (Å²) in [5.74, 6) is -0.881. The molecule has 0 radical (unpaired) electrons. The quantitative estimate of drug-likeness (QED) is 0.845. The molecule has 1 fully saturated rings. The Morgan fingerprint density at radius 2 is 2.06 bits per heavy atom. The second-order valence-corrected chi connectivity index (χ2v) is 4.60. The van der Waals surface area contributed by atoms with Crippen LogP contribution in [0.15, 0.2) is 35.5 Å². The summed E-state index contributed by atoms with van der Waals surface area (Å²) in [6.07, 6.45) is 1.15. The van der Waals surface area contributed by atoms with Crippen molar-refractivity contribution in [1.29, 1.82) is 0 Å². The van der Waals surface area contributed by atoms with Crippen molar-refractivity contribution in [1.82, 2.24) is 0 Å². The van der Waals surface area contributed by atoms with Gasteiger partial charge in [-0.1, -0.05) is 35.5 Å². The van der Waals surface area contributed by atoms with Gasteiger partial charge < -0.3 is 9.94 Å². The predicted octanol–water partition coefficient (Wildman–Crippen LogP) is 1.90. The Morgan fingerprint density at radius 1 is 1.29 bits per heavy atom. The highest BCUT2D eigenvalue weighted by Crippen LogP contribution is 2.39. The summed E-state index contributed by atoms with van der Waals surface area (Å²) in [6.45, 7) is 0. The molecule has 17 heavy (non-hydrogen) atoms. The SMILES string of the molecule is O=C(O)[C@@H]1C[C@@H]2ON=C(c3ccccc3)[C@H]2C1. The number of rotatable bonds is 2. The molecule has 3 rings (SSSR count). The molecule has 3 atom stereocenters. The van der Waals surface area contributed by atoms with Crippen LogP contribution in [-0.4, -0.2) is 22.9 Å². The van der Waals surface area contributed by atoms with Gasteiger partial charge in [0, 0.05) is 12.3 Å². The monoisotopic (exact) mass is 231 g/mol. The van der Waals surface area contributed by atoms with Crippen molar-refractivity contribution in [3.63, 3.8) is 0 Å². The van der Waals surface area contributed by atoms with Crippen molar-refractivity contribution in [2.75, 3.05) is 0 Å². The summed E-state index contributed by atoms with van der Waals surface area (Å²) in [5.41, 5.74) is 1.94. The normalized spacial score (nSPS) is 30.6. The van der Waals surface area contributed by atoms with Gasteiger partial charge >= 0.3 is 5.97 Å². The molecule has 1 saturated carbocycles. The molecule has 0 unspecified atom stereocenters. The van der Waals surface area contributed by atoms with E-state index in [1.54, 1.807) is 0 Å². The van der Waals surface area contributed by atoms with Crippen molar-refractivity contribution >= 4 is 11.7 Å². The largest absolute Gasteiger partial charge is 0.481 e. The first-order valence-electron chi connectivity index (χ1n) is 5.77. The second-order valence-electron chi connectivity index (χ2n) is 4.60. The van der Waals surface area contributed by atoms with Gasteiger partial charge in [-0.3, -0.25) is 4.79 Å². The molecule has 0 saturated heterocycles. The zero-order valence-corrected chi connectivity index (χ0v) is 9.24. The van der Waals surface area contributed by atoms with E-state index in [0.29, 0.717) is 12.8 Å². The number of oxime groups is 1. The lowest BCUT2D eigenvalue weighted by Crippen LogP contribution is -2.17. The zero-order chi connectivity index (χ0) is 11.8. The fraction of sp³-hybridized carbons (Fsp3) is 0.385. The first-order valence-corrected chi connectivity index (χ1v) is 5.77. The standard InChI is InChI=1S/C13H13NO3/c15-13(16)9-6-10-11(7-9)17-14-12(10)8-4-2-1-3-5-8/h1-5,9-11H,6-7H2,(H,15,16)/t9-,10-,11-/m0/s1. The van der Waals surface area contributed by atoms with Crippen LogP contribution in [0.4, 0.5) is 0 Å². The number of benzene rings is 1. The van der Waals surface area contributed by atoms with Crippen LogP contribution in [0, 0.1) is 11.8 Å². The number of carboxylic acids is 1. The number of carboxylic acid groups (broad SMARTS) is 1. The van der Waals surface area contributed by atoms with Gasteiger partial charge in [0.15, 0.2) is 0 Å². The minimum absolute atomic E-state index is 0.0497. The van der Waals surface area contributed by atoms with E-state index >= 15 is 0 Å². The maximum Gasteiger partial charge on any atom is 0.306 e. The lowest BCUT2D eigenvalue weighted by atomic mass is 9.94. The van der Waals surface area contributed by atoms with E-state index in [-0.39, 0.29) is 17.9 Å². The van der Waals surface area contributed by atoms with E-state index < -0.39 is 5.97 Å². The summed E-state index contributed by atoms with van der Waals surface area (Å²) < 4.78 is 0. The molecule has 1 aliphatic carbocycles. The fourth-order valence-corrected chi connectivity index (χ4v) is 2.67. The fourth-order valence-electron chi connectivity index (χ4n) is 2.67. The Labute approximate surface area is 98.9 Å². The Morgan fingerprint density at radius 3 is 2.76 bits per heavy atom. The Hall–Kier alpha value is -1.84. The third-order valence-corrected chi connectivity index (χ3v) is 3.56. The molecule has 1 aromatic carbocycles. The van der Waals surface area contributed by atoms with Crippen LogP contribution in [-0.2, 0) is 9.63 Å². The third-order valence-electron chi connectivity index (χ3n) is 3.56. The summed E-state index contributed by atoms with van der Waals surface area (Å²) in [4.78, 5) is 16.3. The molecule has 88 valence electrons. The molecule has 0 amide bonds. The van der Waals surface area contributed by atoms with E-state index in [2.05, 4.69) is 5.16 Å². The van der Waals surface area contributed by atoms with Gasteiger partial charge in [-0.15, -0.1) is 0 Å². The Bertz CT molecular complexity index is 469. The first kappa shape index (κ1) is 10.3. The van der Waals surface area contributed by atoms with Gasteiger partial charge in [0.05, 0.1) is 11.6 Å². The van der Waals surface area contributed by atoms with Gasteiger partial charge in [-0.05, 0) is 12.0 Å². The van der Waals surface area contributed by atoms with E-state index in [1.165, 1.54) is 0 Å². The van der Waals surface area contributed by atoms with Crippen LogP contribution in [0.25, 0.3) is 0 Å². The first-order chi connectivity index (χ1) is 8.25. The van der Waals surface area contributed by atoms with Gasteiger partial charge in [0.25, 0.3) is 0 Å². The van der Waals surface area contributed by atoms with Gasteiger partial charge in [0.2, 0.25) is 0 Å². The predicted molar refractivity (Wildman–Crippen MR) is 61.7 cm³/mol. The number of aliphatic carboxylic acids is 1. The number of fused-ring (bicyclic) bond motifs is 1. The second kappa shape index (κ2) is 3.87. The Balaban J connectivity index is 1.84. The van der Waals surface area contributed by atoms with Gasteiger partial charge in [-0.25, -0.2) is 0 Å². The summed E-state index contributed by atoms with van der Waals surface area (Å²) in [6, 6.07) is 9.83. The van der Waals surface area contributed by atoms with Crippen molar-refractivity contribution < 1.29 is 14.7 Å². The lowest BCUT2D eigenvalue weighted by Gasteiger charge is -2.08. The van der Waals surface area contributed by atoms with Crippen molar-refractivity contribution in [2.24, 2.45) is 17.0 Å². The molecular weight excluding hydrogens is 218 g/mol. The molecule has 2 aliphatic rings. The highest BCUT2D eigenvalue weighted by molar-refractivity contribution is 6.03. The molecule has 4 heteroatoms. The molecule has 1 aromatic rings. The minimum Gasteiger partial charge on any atom is -0.481 e. The number of hydrogen-bond donors (Lipinski definition) is 1. The van der Waals surface area contributed by atoms with Gasteiger partial charge in [0.1, 0.15) is 6.10 Å². The highest BCUT2D eigenvalue weighted by Gasteiger charge is 2.45. The van der Waals surface area contributed by atoms with Crippen LogP contribution < -0.4 is 0 Å². The molecule has 1 heterocycles. The summed E-state index contributed by atoms with van der Waals surface area (Å²) in [7, 11) is 0. The summed E-state index contributed by atoms with van der Waals surface area (Å²) >= 11 is 0. The number of nitrogens with zero attached hydrogens (tertiary/aromatic N) is 1. The molecule has 4 nitrogen and oxygen atoms in total. The van der Waals surface area contributed by atoms with E-state index in [4.69, 9.17) is 9.94 Å². The van der Waals surface area contributed by atoms with Crippen molar-refractivity contribution in [3.05, 3.63) is 35.9 Å². The van der Waals surface area contributed by atoms with Crippen LogP contribution in [0.5, 0.6) is 0 Å². The van der Waals surface area contributed by atoms with Crippen molar-refractivity contribution in [2.45, 2.75) is 18.9 Å². The number of carbonyl (C=O) groups is 1. The molecule has 1 aliphatic heterocycles. The van der Waals surface area contributed by atoms with Crippen LogP contribution in [0.1, 0.15) is 18.4 Å². The summed E-state index contributed by atoms with van der Waals surface area (Å²) in [5, 5.41) is 13.1. The van der Waals surface area contributed by atoms with Crippen LogP contribution in [0.3, 0.4) is 0 Å². The smallest absolute Gasteiger partial charge is 0.306 e. The average molecular weight is 231 g/mol. The topological polar surface area (TPSA) is 58.9 Å². The average Bonchev–Trinajstić information content (AvgIpc) is 2.89. The molecule has 0 aromatic heterocycles. The molecule has 0 bridgehead atoms. The highest BCUT2D eigenvalue weighted by atomic mass is 16.6. The van der Waals surface area contributed by atoms with E-state index in [1.807, 2.05) is 30.3 Å². The zero-order valence-electron chi connectivity index (χ0n) is 9.24. The maximum absolute atomic E-state index is 11.0. The van der Waals surface area contributed by atoms with E-state index in [0.717, 1.165) is 11.3 Å². The van der Waals surface area contributed by atoms with Crippen LogP contribution in [0.2, 0.25) is 0 Å². The lowest BCUT2D eigenvalue weighted by molar-refractivity contribution is -0.141. The Kier molecular flexibility index (Phi) is 2.35. The molecule has 1 N–H and O–H groups in total. The van der Waals surface area contributed by atoms with Crippen molar-refractivity contribution in [3.8, 4) is 0 Å². The molecule has 0 spiro atoms. The van der Waals surface area contributed by atoms with Crippen LogP contribution >= 0.6 is 0 Å². The number of hydrogen-bond acceptors (Lipinski definition) is 3. The maximum atomic E-state index is 11.0. The minimum atomic E-state index is -0.726. The van der Waals surface area contributed by atoms with Gasteiger partial charge in [-0.2, -0.15) is 0 Å². The van der Waals surface area contributed by atoms with E-state index in [9.17, 15) is 4.79 Å². The molecular formula is C13H13NO3. The third kappa shape index (κ3) is 1.69.